The first-order valence-electron chi connectivity index (χ1n) is 5.42. The van der Waals surface area contributed by atoms with Gasteiger partial charge in [-0.25, -0.2) is 0 Å². The molecule has 7 nitrogen and oxygen atoms in total. The van der Waals surface area contributed by atoms with Crippen molar-refractivity contribution in [2.75, 3.05) is 33.2 Å². The molecule has 0 aliphatic carbocycles. The minimum absolute atomic E-state index is 0.0382. The van der Waals surface area contributed by atoms with Crippen LogP contribution in [0, 0.1) is 10.1 Å². The van der Waals surface area contributed by atoms with Gasteiger partial charge in [-0.15, -0.1) is 0 Å². The highest BCUT2D eigenvalue weighted by molar-refractivity contribution is 5.91. The van der Waals surface area contributed by atoms with E-state index in [1.807, 2.05) is 0 Å². The van der Waals surface area contributed by atoms with Gasteiger partial charge in [0.05, 0.1) is 39.3 Å². The SMILES string of the molecule is C[NH+]1CCN(C(=O)c2ccc([N+](=O)[O-])o2)CC1. The molecule has 1 aromatic heterocycles. The van der Waals surface area contributed by atoms with Gasteiger partial charge in [0.25, 0.3) is 5.91 Å². The molecule has 0 atom stereocenters. The summed E-state index contributed by atoms with van der Waals surface area (Å²) in [6, 6.07) is 2.56. The number of hydrogen-bond acceptors (Lipinski definition) is 4. The first-order chi connectivity index (χ1) is 8.08. The highest BCUT2D eigenvalue weighted by Gasteiger charge is 2.26. The summed E-state index contributed by atoms with van der Waals surface area (Å²) in [5.41, 5.74) is 0. The Morgan fingerprint density at radius 2 is 2.12 bits per heavy atom. The quantitative estimate of drug-likeness (QED) is 0.540. The number of carbonyl (C=O) groups is 1. The first kappa shape index (κ1) is 11.6. The summed E-state index contributed by atoms with van der Waals surface area (Å²) < 4.78 is 4.89. The lowest BCUT2D eigenvalue weighted by Crippen LogP contribution is -3.12. The Hall–Kier alpha value is -1.89. The van der Waals surface area contributed by atoms with E-state index in [0.717, 1.165) is 13.1 Å². The van der Waals surface area contributed by atoms with Crippen LogP contribution in [0.1, 0.15) is 10.6 Å². The molecule has 1 amide bonds. The molecule has 17 heavy (non-hydrogen) atoms. The van der Waals surface area contributed by atoms with Gasteiger partial charge in [-0.05, 0) is 6.07 Å². The predicted molar refractivity (Wildman–Crippen MR) is 57.9 cm³/mol. The third-order valence-corrected chi connectivity index (χ3v) is 2.89. The zero-order valence-electron chi connectivity index (χ0n) is 9.51. The molecule has 2 rings (SSSR count). The van der Waals surface area contributed by atoms with Crippen molar-refractivity contribution in [3.8, 4) is 0 Å². The van der Waals surface area contributed by atoms with Crippen molar-refractivity contribution in [1.82, 2.24) is 4.90 Å². The molecule has 0 radical (unpaired) electrons. The molecule has 2 heterocycles. The maximum Gasteiger partial charge on any atom is 0.433 e. The minimum Gasteiger partial charge on any atom is -0.395 e. The molecule has 1 aliphatic heterocycles. The Bertz CT molecular complexity index is 435. The van der Waals surface area contributed by atoms with E-state index in [9.17, 15) is 14.9 Å². The van der Waals surface area contributed by atoms with Gasteiger partial charge in [0.2, 0.25) is 0 Å². The number of nitrogens with zero attached hydrogens (tertiary/aromatic N) is 2. The van der Waals surface area contributed by atoms with Gasteiger partial charge in [0, 0.05) is 0 Å². The van der Waals surface area contributed by atoms with E-state index in [1.54, 1.807) is 4.90 Å². The van der Waals surface area contributed by atoms with E-state index in [2.05, 4.69) is 7.05 Å². The molecule has 1 N–H and O–H groups in total. The molecule has 1 aliphatic rings. The number of nitrogens with one attached hydrogen (secondary N) is 1. The number of rotatable bonds is 2. The van der Waals surface area contributed by atoms with E-state index >= 15 is 0 Å². The number of furan rings is 1. The number of nitro groups is 1. The maximum absolute atomic E-state index is 11.9. The Balaban J connectivity index is 2.06. The molecule has 0 aromatic carbocycles. The van der Waals surface area contributed by atoms with Crippen LogP contribution < -0.4 is 4.90 Å². The van der Waals surface area contributed by atoms with E-state index in [4.69, 9.17) is 4.42 Å². The van der Waals surface area contributed by atoms with Crippen LogP contribution in [-0.4, -0.2) is 49.0 Å². The highest BCUT2D eigenvalue weighted by atomic mass is 16.6. The van der Waals surface area contributed by atoms with Crippen LogP contribution in [0.15, 0.2) is 16.5 Å². The minimum atomic E-state index is -0.648. The maximum atomic E-state index is 11.9. The highest BCUT2D eigenvalue weighted by Crippen LogP contribution is 2.17. The average molecular weight is 240 g/mol. The second-order valence-electron chi connectivity index (χ2n) is 4.14. The van der Waals surface area contributed by atoms with Crippen LogP contribution in [0.2, 0.25) is 0 Å². The lowest BCUT2D eigenvalue weighted by molar-refractivity contribution is -0.883. The zero-order chi connectivity index (χ0) is 12.4. The third-order valence-electron chi connectivity index (χ3n) is 2.89. The largest absolute Gasteiger partial charge is 0.433 e. The van der Waals surface area contributed by atoms with Crippen molar-refractivity contribution in [2.24, 2.45) is 0 Å². The van der Waals surface area contributed by atoms with Crippen molar-refractivity contribution in [1.29, 1.82) is 0 Å². The number of quaternary nitrogens is 1. The van der Waals surface area contributed by atoms with Crippen molar-refractivity contribution >= 4 is 11.8 Å². The first-order valence-corrected chi connectivity index (χ1v) is 5.42. The topological polar surface area (TPSA) is 81.0 Å². The van der Waals surface area contributed by atoms with Gasteiger partial charge in [-0.1, -0.05) is 0 Å². The summed E-state index contributed by atoms with van der Waals surface area (Å²) in [6.45, 7) is 3.07. The van der Waals surface area contributed by atoms with Gasteiger partial charge in [-0.2, -0.15) is 0 Å². The normalized spacial score (nSPS) is 17.1. The molecule has 0 saturated carbocycles. The molecule has 1 saturated heterocycles. The van der Waals surface area contributed by atoms with E-state index in [1.165, 1.54) is 17.0 Å². The molecular weight excluding hydrogens is 226 g/mol. The number of piperazine rings is 1. The average Bonchev–Trinajstić information content (AvgIpc) is 2.78. The number of hydrogen-bond donors (Lipinski definition) is 1. The smallest absolute Gasteiger partial charge is 0.395 e. The monoisotopic (exact) mass is 240 g/mol. The van der Waals surface area contributed by atoms with Gasteiger partial charge in [-0.3, -0.25) is 14.9 Å². The van der Waals surface area contributed by atoms with E-state index in [-0.39, 0.29) is 11.7 Å². The molecule has 1 aromatic rings. The van der Waals surface area contributed by atoms with Crippen molar-refractivity contribution in [2.45, 2.75) is 0 Å². The van der Waals surface area contributed by atoms with E-state index < -0.39 is 10.8 Å². The Kier molecular flexibility index (Phi) is 3.10. The van der Waals surface area contributed by atoms with Crippen LogP contribution in [0.5, 0.6) is 0 Å². The molecule has 92 valence electrons. The number of carbonyl (C=O) groups excluding carboxylic acids is 1. The standard InChI is InChI=1S/C10H13N3O4/c1-11-4-6-12(7-5-11)10(14)8-2-3-9(17-8)13(15)16/h2-3H,4-7H2,1H3/p+1. The van der Waals surface area contributed by atoms with Gasteiger partial charge >= 0.3 is 5.88 Å². The van der Waals surface area contributed by atoms with Crippen molar-refractivity contribution in [3.05, 3.63) is 28.0 Å². The lowest BCUT2D eigenvalue weighted by atomic mass is 10.3. The Morgan fingerprint density at radius 1 is 1.47 bits per heavy atom. The summed E-state index contributed by atoms with van der Waals surface area (Å²) >= 11 is 0. The second kappa shape index (κ2) is 4.54. The van der Waals surface area contributed by atoms with Crippen molar-refractivity contribution < 1.29 is 19.0 Å². The fraction of sp³-hybridized carbons (Fsp3) is 0.500. The van der Waals surface area contributed by atoms with Crippen molar-refractivity contribution in [3.63, 3.8) is 0 Å². The van der Waals surface area contributed by atoms with Gasteiger partial charge in [0.1, 0.15) is 4.92 Å². The van der Waals surface area contributed by atoms with Crippen LogP contribution in [0.4, 0.5) is 5.88 Å². The molecule has 0 spiro atoms. The van der Waals surface area contributed by atoms with Gasteiger partial charge < -0.3 is 14.2 Å². The fourth-order valence-electron chi connectivity index (χ4n) is 1.79. The lowest BCUT2D eigenvalue weighted by Gasteiger charge is -2.29. The van der Waals surface area contributed by atoms with Crippen LogP contribution >= 0.6 is 0 Å². The third kappa shape index (κ3) is 2.44. The number of likely N-dealkylation sites (N-methyl/N-ethyl adjacent to an activating group) is 1. The fourth-order valence-corrected chi connectivity index (χ4v) is 1.79. The summed E-state index contributed by atoms with van der Waals surface area (Å²) in [6.07, 6.45) is 0. The molecule has 7 heteroatoms. The number of amides is 1. The van der Waals surface area contributed by atoms with E-state index in [0.29, 0.717) is 13.1 Å². The van der Waals surface area contributed by atoms with Crippen LogP contribution in [0.25, 0.3) is 0 Å². The summed E-state index contributed by atoms with van der Waals surface area (Å²) in [5, 5.41) is 10.4. The summed E-state index contributed by atoms with van der Waals surface area (Å²) in [5.74, 6) is -0.630. The molecule has 0 unspecified atom stereocenters. The van der Waals surface area contributed by atoms with Crippen LogP contribution in [0.3, 0.4) is 0 Å². The van der Waals surface area contributed by atoms with Crippen LogP contribution in [-0.2, 0) is 0 Å². The predicted octanol–water partition coefficient (Wildman–Crippen LogP) is -0.842. The second-order valence-corrected chi connectivity index (χ2v) is 4.14. The molecular formula is C10H14N3O4+. The summed E-state index contributed by atoms with van der Waals surface area (Å²) in [4.78, 5) is 24.8. The molecule has 0 bridgehead atoms. The zero-order valence-corrected chi connectivity index (χ0v) is 9.51. The summed E-state index contributed by atoms with van der Waals surface area (Å²) in [7, 11) is 2.07. The molecule has 1 fully saturated rings. The Labute approximate surface area is 97.7 Å². The Morgan fingerprint density at radius 3 is 2.65 bits per heavy atom. The van der Waals surface area contributed by atoms with Gasteiger partial charge in [0.15, 0.2) is 5.76 Å².